The maximum atomic E-state index is 12.8. The third kappa shape index (κ3) is 4.84. The molecule has 0 aliphatic heterocycles. The fourth-order valence-corrected chi connectivity index (χ4v) is 4.56. The molecule has 3 heteroatoms. The number of hydrogen-bond donors (Lipinski definition) is 1. The molecule has 3 nitrogen and oxygen atoms in total. The minimum Gasteiger partial charge on any atom is -0.322 e. The SMILES string of the molecule is CCC1=C(CN(C)C)CCc2cc(NC(=O)c3ccc(-c4ccc(C)cc4)cc3)ccc21. The van der Waals surface area contributed by atoms with E-state index in [2.05, 4.69) is 74.6 Å². The number of likely N-dealkylation sites (N-methyl/N-ethyl adjacent to an activating group) is 1. The van der Waals surface area contributed by atoms with Gasteiger partial charge in [-0.1, -0.05) is 60.5 Å². The maximum absolute atomic E-state index is 12.8. The van der Waals surface area contributed by atoms with Crippen LogP contribution >= 0.6 is 0 Å². The third-order valence-electron chi connectivity index (χ3n) is 6.20. The molecule has 32 heavy (non-hydrogen) atoms. The summed E-state index contributed by atoms with van der Waals surface area (Å²) < 4.78 is 0. The molecule has 3 aromatic rings. The lowest BCUT2D eigenvalue weighted by Gasteiger charge is -2.25. The van der Waals surface area contributed by atoms with Gasteiger partial charge in [0, 0.05) is 17.8 Å². The van der Waals surface area contributed by atoms with Gasteiger partial charge in [0.25, 0.3) is 5.91 Å². The molecule has 0 atom stereocenters. The Hall–Kier alpha value is -3.17. The van der Waals surface area contributed by atoms with Crippen LogP contribution in [-0.2, 0) is 6.42 Å². The minimum absolute atomic E-state index is 0.0734. The summed E-state index contributed by atoms with van der Waals surface area (Å²) in [6.45, 7) is 5.33. The van der Waals surface area contributed by atoms with Gasteiger partial charge in [-0.2, -0.15) is 0 Å². The van der Waals surface area contributed by atoms with Crippen molar-refractivity contribution in [3.63, 3.8) is 0 Å². The monoisotopic (exact) mass is 424 g/mol. The summed E-state index contributed by atoms with van der Waals surface area (Å²) in [4.78, 5) is 15.1. The molecule has 0 heterocycles. The molecule has 0 bridgehead atoms. The highest BCUT2D eigenvalue weighted by Gasteiger charge is 2.19. The van der Waals surface area contributed by atoms with Gasteiger partial charge < -0.3 is 10.2 Å². The van der Waals surface area contributed by atoms with Crippen molar-refractivity contribution in [1.82, 2.24) is 4.90 Å². The number of nitrogens with one attached hydrogen (secondary N) is 1. The molecule has 0 saturated carbocycles. The molecule has 0 aromatic heterocycles. The fraction of sp³-hybridized carbons (Fsp3) is 0.276. The van der Waals surface area contributed by atoms with Crippen LogP contribution in [0.2, 0.25) is 0 Å². The first-order valence-corrected chi connectivity index (χ1v) is 11.4. The second-order valence-electron chi connectivity index (χ2n) is 8.94. The highest BCUT2D eigenvalue weighted by atomic mass is 16.1. The van der Waals surface area contributed by atoms with Crippen LogP contribution in [0.25, 0.3) is 16.7 Å². The van der Waals surface area contributed by atoms with Gasteiger partial charge in [0.2, 0.25) is 0 Å². The zero-order valence-electron chi connectivity index (χ0n) is 19.5. The van der Waals surface area contributed by atoms with Crippen molar-refractivity contribution in [3.8, 4) is 11.1 Å². The molecule has 0 saturated heterocycles. The topological polar surface area (TPSA) is 32.3 Å². The van der Waals surface area contributed by atoms with Crippen LogP contribution in [0.3, 0.4) is 0 Å². The van der Waals surface area contributed by atoms with Crippen molar-refractivity contribution in [2.45, 2.75) is 33.1 Å². The van der Waals surface area contributed by atoms with Crippen molar-refractivity contribution in [2.75, 3.05) is 26.0 Å². The van der Waals surface area contributed by atoms with Gasteiger partial charge in [0.1, 0.15) is 0 Å². The van der Waals surface area contributed by atoms with E-state index in [0.29, 0.717) is 5.56 Å². The summed E-state index contributed by atoms with van der Waals surface area (Å²) in [5, 5.41) is 3.09. The van der Waals surface area contributed by atoms with Crippen LogP contribution < -0.4 is 5.32 Å². The summed E-state index contributed by atoms with van der Waals surface area (Å²) in [7, 11) is 4.25. The standard InChI is InChI=1S/C29H32N2O/c1-5-27-25(19-31(3)4)15-14-24-18-26(16-17-28(24)27)30-29(32)23-12-10-22(11-13-23)21-8-6-20(2)7-9-21/h6-13,16-18H,5,14-15,19H2,1-4H3,(H,30,32). The van der Waals surface area contributed by atoms with Gasteiger partial charge in [-0.15, -0.1) is 0 Å². The average molecular weight is 425 g/mol. The van der Waals surface area contributed by atoms with E-state index in [0.717, 1.165) is 42.6 Å². The summed E-state index contributed by atoms with van der Waals surface area (Å²) >= 11 is 0. The van der Waals surface area contributed by atoms with Gasteiger partial charge >= 0.3 is 0 Å². The van der Waals surface area contributed by atoms with Crippen LogP contribution in [0.4, 0.5) is 5.69 Å². The fourth-order valence-electron chi connectivity index (χ4n) is 4.56. The Morgan fingerprint density at radius 1 is 0.906 bits per heavy atom. The number of allylic oxidation sites excluding steroid dienone is 1. The number of benzene rings is 3. The van der Waals surface area contributed by atoms with Crippen molar-refractivity contribution in [2.24, 2.45) is 0 Å². The van der Waals surface area contributed by atoms with Crippen molar-refractivity contribution in [1.29, 1.82) is 0 Å². The van der Waals surface area contributed by atoms with E-state index in [1.807, 2.05) is 30.3 Å². The van der Waals surface area contributed by atoms with Crippen LogP contribution in [-0.4, -0.2) is 31.4 Å². The van der Waals surface area contributed by atoms with E-state index in [-0.39, 0.29) is 5.91 Å². The van der Waals surface area contributed by atoms with Crippen molar-refractivity contribution >= 4 is 17.2 Å². The van der Waals surface area contributed by atoms with E-state index < -0.39 is 0 Å². The summed E-state index contributed by atoms with van der Waals surface area (Å²) in [6, 6.07) is 22.6. The largest absolute Gasteiger partial charge is 0.322 e. The number of rotatable bonds is 6. The molecular formula is C29H32N2O. The number of aryl methyl sites for hydroxylation is 2. The van der Waals surface area contributed by atoms with Gasteiger partial charge in [0.15, 0.2) is 0 Å². The van der Waals surface area contributed by atoms with Crippen LogP contribution in [0, 0.1) is 6.92 Å². The molecular weight excluding hydrogens is 392 g/mol. The molecule has 0 radical (unpaired) electrons. The zero-order valence-corrected chi connectivity index (χ0v) is 19.5. The Kier molecular flexibility index (Phi) is 6.57. The number of anilines is 1. The van der Waals surface area contributed by atoms with E-state index in [9.17, 15) is 4.79 Å². The van der Waals surface area contributed by atoms with Crippen LogP contribution in [0.1, 0.15) is 46.8 Å². The number of hydrogen-bond acceptors (Lipinski definition) is 2. The van der Waals surface area contributed by atoms with E-state index in [1.54, 1.807) is 0 Å². The number of nitrogens with zero attached hydrogens (tertiary/aromatic N) is 1. The molecule has 1 amide bonds. The van der Waals surface area contributed by atoms with Gasteiger partial charge in [-0.05, 0) is 92.4 Å². The highest BCUT2D eigenvalue weighted by molar-refractivity contribution is 6.04. The Balaban J connectivity index is 1.50. The second-order valence-corrected chi connectivity index (χ2v) is 8.94. The molecule has 3 aromatic carbocycles. The number of amides is 1. The molecule has 164 valence electrons. The quantitative estimate of drug-likeness (QED) is 0.484. The Bertz CT molecular complexity index is 1140. The smallest absolute Gasteiger partial charge is 0.255 e. The summed E-state index contributed by atoms with van der Waals surface area (Å²) in [5.74, 6) is -0.0734. The second kappa shape index (κ2) is 9.54. The summed E-state index contributed by atoms with van der Waals surface area (Å²) in [6.07, 6.45) is 3.15. The van der Waals surface area contributed by atoms with Crippen LogP contribution in [0.5, 0.6) is 0 Å². The molecule has 1 N–H and O–H groups in total. The Labute approximate surface area is 191 Å². The molecule has 0 fully saturated rings. The first-order valence-electron chi connectivity index (χ1n) is 11.4. The molecule has 0 spiro atoms. The lowest BCUT2D eigenvalue weighted by atomic mass is 9.84. The highest BCUT2D eigenvalue weighted by Crippen LogP contribution is 2.35. The molecule has 4 rings (SSSR count). The number of carbonyl (C=O) groups is 1. The Morgan fingerprint density at radius 3 is 2.19 bits per heavy atom. The summed E-state index contributed by atoms with van der Waals surface area (Å²) in [5.41, 5.74) is 10.7. The van der Waals surface area contributed by atoms with Gasteiger partial charge in [-0.3, -0.25) is 4.79 Å². The van der Waals surface area contributed by atoms with Gasteiger partial charge in [-0.25, -0.2) is 0 Å². The first-order chi connectivity index (χ1) is 15.4. The minimum atomic E-state index is -0.0734. The molecule has 1 aliphatic rings. The maximum Gasteiger partial charge on any atom is 0.255 e. The number of carbonyl (C=O) groups excluding carboxylic acids is 1. The van der Waals surface area contributed by atoms with Crippen LogP contribution in [0.15, 0.2) is 72.3 Å². The lowest BCUT2D eigenvalue weighted by Crippen LogP contribution is -2.19. The van der Waals surface area contributed by atoms with Gasteiger partial charge in [0.05, 0.1) is 0 Å². The van der Waals surface area contributed by atoms with Crippen molar-refractivity contribution in [3.05, 3.63) is 94.6 Å². The van der Waals surface area contributed by atoms with E-state index in [1.165, 1.54) is 27.8 Å². The Morgan fingerprint density at radius 2 is 1.56 bits per heavy atom. The number of fused-ring (bicyclic) bond motifs is 1. The van der Waals surface area contributed by atoms with E-state index in [4.69, 9.17) is 0 Å². The third-order valence-corrected chi connectivity index (χ3v) is 6.20. The molecule has 1 aliphatic carbocycles. The normalized spacial score (nSPS) is 13.3. The lowest BCUT2D eigenvalue weighted by molar-refractivity contribution is 0.102. The zero-order chi connectivity index (χ0) is 22.7. The first kappa shape index (κ1) is 22.0. The van der Waals surface area contributed by atoms with Crippen molar-refractivity contribution < 1.29 is 4.79 Å². The molecule has 0 unspecified atom stereocenters. The van der Waals surface area contributed by atoms with E-state index >= 15 is 0 Å². The average Bonchev–Trinajstić information content (AvgIpc) is 2.79. The predicted molar refractivity (Wildman–Crippen MR) is 135 cm³/mol. The predicted octanol–water partition coefficient (Wildman–Crippen LogP) is 6.59.